The molecule has 0 radical (unpaired) electrons. The Morgan fingerprint density at radius 1 is 1.44 bits per heavy atom. The Labute approximate surface area is 105 Å². The van der Waals surface area contributed by atoms with Gasteiger partial charge in [0.05, 0.1) is 26.2 Å². The van der Waals surface area contributed by atoms with Crippen molar-refractivity contribution in [3.63, 3.8) is 0 Å². The summed E-state index contributed by atoms with van der Waals surface area (Å²) in [6, 6.07) is 5.18. The Morgan fingerprint density at radius 3 is 2.67 bits per heavy atom. The van der Waals surface area contributed by atoms with Crippen LogP contribution in [0.1, 0.15) is 18.4 Å². The second-order valence-electron chi connectivity index (χ2n) is 4.25. The fourth-order valence-corrected chi connectivity index (χ4v) is 1.66. The molecule has 5 heteroatoms. The highest BCUT2D eigenvalue weighted by Crippen LogP contribution is 2.32. The predicted molar refractivity (Wildman–Crippen MR) is 64.3 cm³/mol. The molecule has 0 saturated carbocycles. The molecular formula is C13H16O5. The average Bonchev–Trinajstić information content (AvgIpc) is 2.32. The van der Waals surface area contributed by atoms with E-state index >= 15 is 0 Å². The zero-order valence-corrected chi connectivity index (χ0v) is 10.4. The van der Waals surface area contributed by atoms with Crippen molar-refractivity contribution >= 4 is 5.97 Å². The average molecular weight is 252 g/mol. The minimum atomic E-state index is -0.863. The van der Waals surface area contributed by atoms with Crippen LogP contribution in [0.15, 0.2) is 18.2 Å². The van der Waals surface area contributed by atoms with E-state index in [9.17, 15) is 4.79 Å². The van der Waals surface area contributed by atoms with Gasteiger partial charge in [-0.1, -0.05) is 6.07 Å². The van der Waals surface area contributed by atoms with Gasteiger partial charge in [0, 0.05) is 0 Å². The molecule has 0 spiro atoms. The summed E-state index contributed by atoms with van der Waals surface area (Å²) < 4.78 is 15.9. The van der Waals surface area contributed by atoms with Crippen molar-refractivity contribution in [2.75, 3.05) is 20.3 Å². The van der Waals surface area contributed by atoms with Crippen LogP contribution in [0.25, 0.3) is 0 Å². The number of rotatable bonds is 5. The van der Waals surface area contributed by atoms with Crippen molar-refractivity contribution in [1.82, 2.24) is 0 Å². The first-order valence-electron chi connectivity index (χ1n) is 5.77. The molecule has 1 aromatic rings. The highest BCUT2D eigenvalue weighted by Gasteiger charge is 2.23. The predicted octanol–water partition coefficient (Wildman–Crippen LogP) is 1.66. The third-order valence-electron chi connectivity index (χ3n) is 2.96. The molecule has 5 nitrogen and oxygen atoms in total. The van der Waals surface area contributed by atoms with Gasteiger partial charge < -0.3 is 19.3 Å². The second kappa shape index (κ2) is 5.27. The van der Waals surface area contributed by atoms with E-state index in [4.69, 9.17) is 19.3 Å². The molecule has 1 atom stereocenters. The fourth-order valence-electron chi connectivity index (χ4n) is 1.66. The van der Waals surface area contributed by atoms with Gasteiger partial charge in [0.15, 0.2) is 11.5 Å². The molecular weight excluding hydrogens is 236 g/mol. The Bertz CT molecular complexity index is 439. The maximum Gasteiger partial charge on any atom is 0.310 e. The molecule has 1 aromatic carbocycles. The monoisotopic (exact) mass is 252 g/mol. The van der Waals surface area contributed by atoms with Crippen LogP contribution in [0.4, 0.5) is 0 Å². The molecule has 98 valence electrons. The van der Waals surface area contributed by atoms with E-state index in [2.05, 4.69) is 0 Å². The minimum Gasteiger partial charge on any atom is -0.493 e. The molecule has 1 aliphatic heterocycles. The molecule has 0 aromatic heterocycles. The Kier molecular flexibility index (Phi) is 3.72. The molecule has 1 heterocycles. The van der Waals surface area contributed by atoms with Gasteiger partial charge in [-0.05, 0) is 24.6 Å². The summed E-state index contributed by atoms with van der Waals surface area (Å²) in [6.07, 6.45) is 0.0225. The zero-order chi connectivity index (χ0) is 13.1. The van der Waals surface area contributed by atoms with Gasteiger partial charge >= 0.3 is 5.97 Å². The quantitative estimate of drug-likeness (QED) is 0.863. The number of hydrogen-bond acceptors (Lipinski definition) is 4. The van der Waals surface area contributed by atoms with Gasteiger partial charge in [-0.2, -0.15) is 0 Å². The number of benzene rings is 1. The number of ether oxygens (including phenoxy) is 3. The number of carboxylic acids is 1. The lowest BCUT2D eigenvalue weighted by Gasteiger charge is -2.27. The first-order valence-corrected chi connectivity index (χ1v) is 5.77. The Balaban J connectivity index is 2.23. The van der Waals surface area contributed by atoms with E-state index in [1.165, 1.54) is 0 Å². The fraction of sp³-hybridized carbons (Fsp3) is 0.462. The lowest BCUT2D eigenvalue weighted by atomic mass is 10.0. The van der Waals surface area contributed by atoms with Crippen molar-refractivity contribution in [2.45, 2.75) is 18.9 Å². The summed E-state index contributed by atoms with van der Waals surface area (Å²) in [7, 11) is 1.56. The van der Waals surface area contributed by atoms with Crippen LogP contribution in [0.3, 0.4) is 0 Å². The zero-order valence-electron chi connectivity index (χ0n) is 10.4. The van der Waals surface area contributed by atoms with Crippen molar-refractivity contribution < 1.29 is 24.1 Å². The van der Waals surface area contributed by atoms with E-state index in [0.29, 0.717) is 30.3 Å². The summed E-state index contributed by atoms with van der Waals surface area (Å²) in [5, 5.41) is 9.00. The van der Waals surface area contributed by atoms with Gasteiger partial charge in [0.2, 0.25) is 0 Å². The topological polar surface area (TPSA) is 65.0 Å². The summed E-state index contributed by atoms with van der Waals surface area (Å²) in [6.45, 7) is 2.75. The number of aliphatic carboxylic acids is 1. The minimum absolute atomic E-state index is 0.0225. The van der Waals surface area contributed by atoms with E-state index < -0.39 is 11.9 Å². The summed E-state index contributed by atoms with van der Waals surface area (Å²) >= 11 is 0. The largest absolute Gasteiger partial charge is 0.493 e. The van der Waals surface area contributed by atoms with E-state index in [-0.39, 0.29) is 6.10 Å². The Hall–Kier alpha value is -1.75. The van der Waals surface area contributed by atoms with Crippen LogP contribution < -0.4 is 9.47 Å². The van der Waals surface area contributed by atoms with Gasteiger partial charge in [0.25, 0.3) is 0 Å². The maximum absolute atomic E-state index is 11.0. The molecule has 0 bridgehead atoms. The first kappa shape index (κ1) is 12.7. The molecule has 18 heavy (non-hydrogen) atoms. The van der Waals surface area contributed by atoms with E-state index in [0.717, 1.165) is 0 Å². The SMILES string of the molecule is COc1ccc(C(C)C(=O)O)cc1OC1COC1. The molecule has 0 amide bonds. The third kappa shape index (κ3) is 2.56. The molecule has 0 aliphatic carbocycles. The number of carbonyl (C=O) groups is 1. The van der Waals surface area contributed by atoms with E-state index in [1.807, 2.05) is 0 Å². The van der Waals surface area contributed by atoms with Gasteiger partial charge in [0.1, 0.15) is 6.10 Å². The van der Waals surface area contributed by atoms with Crippen LogP contribution in [-0.4, -0.2) is 37.5 Å². The van der Waals surface area contributed by atoms with Crippen LogP contribution in [0.2, 0.25) is 0 Å². The number of hydrogen-bond donors (Lipinski definition) is 1. The van der Waals surface area contributed by atoms with Gasteiger partial charge in [-0.15, -0.1) is 0 Å². The van der Waals surface area contributed by atoms with Crippen molar-refractivity contribution in [1.29, 1.82) is 0 Å². The molecule has 1 aliphatic rings. The number of methoxy groups -OCH3 is 1. The summed E-state index contributed by atoms with van der Waals surface area (Å²) in [5.41, 5.74) is 0.693. The van der Waals surface area contributed by atoms with Crippen LogP contribution in [0.5, 0.6) is 11.5 Å². The molecule has 1 unspecified atom stereocenters. The van der Waals surface area contributed by atoms with Gasteiger partial charge in [-0.25, -0.2) is 0 Å². The standard InChI is InChI=1S/C13H16O5/c1-8(13(14)15)9-3-4-11(16-2)12(5-9)18-10-6-17-7-10/h3-5,8,10H,6-7H2,1-2H3,(H,14,15). The lowest BCUT2D eigenvalue weighted by molar-refractivity contribution is -0.138. The van der Waals surface area contributed by atoms with Crippen molar-refractivity contribution in [2.24, 2.45) is 0 Å². The number of carboxylic acid groups (broad SMARTS) is 1. The van der Waals surface area contributed by atoms with Crippen LogP contribution in [0, 0.1) is 0 Å². The summed E-state index contributed by atoms with van der Waals surface area (Å²) in [5.74, 6) is -0.270. The van der Waals surface area contributed by atoms with Crippen LogP contribution >= 0.6 is 0 Å². The van der Waals surface area contributed by atoms with E-state index in [1.54, 1.807) is 32.2 Å². The summed E-state index contributed by atoms with van der Waals surface area (Å²) in [4.78, 5) is 11.0. The van der Waals surface area contributed by atoms with Crippen molar-refractivity contribution in [3.05, 3.63) is 23.8 Å². The lowest BCUT2D eigenvalue weighted by Crippen LogP contribution is -2.38. The highest BCUT2D eigenvalue weighted by molar-refractivity contribution is 5.75. The molecule has 1 N–H and O–H groups in total. The Morgan fingerprint density at radius 2 is 2.17 bits per heavy atom. The molecule has 1 saturated heterocycles. The molecule has 1 fully saturated rings. The third-order valence-corrected chi connectivity index (χ3v) is 2.96. The molecule has 2 rings (SSSR count). The smallest absolute Gasteiger partial charge is 0.310 e. The van der Waals surface area contributed by atoms with Gasteiger partial charge in [-0.3, -0.25) is 4.79 Å². The van der Waals surface area contributed by atoms with Crippen LogP contribution in [-0.2, 0) is 9.53 Å². The maximum atomic E-state index is 11.0. The first-order chi connectivity index (χ1) is 8.61. The highest BCUT2D eigenvalue weighted by atomic mass is 16.6. The normalized spacial score (nSPS) is 16.8. The second-order valence-corrected chi connectivity index (χ2v) is 4.25. The van der Waals surface area contributed by atoms with Crippen molar-refractivity contribution in [3.8, 4) is 11.5 Å².